The van der Waals surface area contributed by atoms with Crippen molar-refractivity contribution >= 4 is 5.71 Å². The van der Waals surface area contributed by atoms with E-state index in [2.05, 4.69) is 45.3 Å². The second-order valence-electron chi connectivity index (χ2n) is 3.45. The lowest BCUT2D eigenvalue weighted by Gasteiger charge is -2.15. The third-order valence-corrected chi connectivity index (χ3v) is 1.63. The molecule has 0 unspecified atom stereocenters. The van der Waals surface area contributed by atoms with E-state index in [1.807, 2.05) is 6.08 Å². The van der Waals surface area contributed by atoms with Gasteiger partial charge >= 0.3 is 0 Å². The van der Waals surface area contributed by atoms with E-state index in [1.165, 1.54) is 5.71 Å². The number of hydrogen-bond acceptors (Lipinski definition) is 1. The minimum Gasteiger partial charge on any atom is -0.284 e. The number of rotatable bonds is 4. The predicted octanol–water partition coefficient (Wildman–Crippen LogP) is 3.38. The van der Waals surface area contributed by atoms with Crippen LogP contribution >= 0.6 is 0 Å². The Kier molecular flexibility index (Phi) is 4.57. The van der Waals surface area contributed by atoms with Gasteiger partial charge < -0.3 is 0 Å². The van der Waals surface area contributed by atoms with Gasteiger partial charge in [0.2, 0.25) is 0 Å². The summed E-state index contributed by atoms with van der Waals surface area (Å²) in [6.45, 7) is 12.0. The van der Waals surface area contributed by atoms with Crippen molar-refractivity contribution in [3.63, 3.8) is 0 Å². The van der Waals surface area contributed by atoms with E-state index in [9.17, 15) is 0 Å². The molecule has 68 valence electrons. The molecule has 0 aliphatic rings. The smallest absolute Gasteiger partial charge is 0.0733 e. The van der Waals surface area contributed by atoms with Gasteiger partial charge in [0.25, 0.3) is 0 Å². The highest BCUT2D eigenvalue weighted by Gasteiger charge is 2.09. The number of aliphatic imine (C=N–C) groups is 1. The van der Waals surface area contributed by atoms with E-state index >= 15 is 0 Å². The van der Waals surface area contributed by atoms with Gasteiger partial charge in [0.05, 0.1) is 5.54 Å². The van der Waals surface area contributed by atoms with Crippen LogP contribution in [0.25, 0.3) is 0 Å². The van der Waals surface area contributed by atoms with E-state index in [4.69, 9.17) is 0 Å². The number of hydrogen-bond donors (Lipinski definition) is 0. The Morgan fingerprint density at radius 1 is 1.50 bits per heavy atom. The van der Waals surface area contributed by atoms with Crippen LogP contribution in [0, 0.1) is 0 Å². The Hall–Kier alpha value is -0.850. The Bertz CT molecular complexity index is 197. The minimum atomic E-state index is -0.0890. The van der Waals surface area contributed by atoms with Crippen molar-refractivity contribution in [3.8, 4) is 0 Å². The monoisotopic (exact) mass is 165 g/mol. The summed E-state index contributed by atoms with van der Waals surface area (Å²) < 4.78 is 0. The summed E-state index contributed by atoms with van der Waals surface area (Å²) in [5.41, 5.74) is 1.10. The molecule has 0 N–H and O–H groups in total. The van der Waals surface area contributed by atoms with Crippen LogP contribution in [-0.2, 0) is 0 Å². The summed E-state index contributed by atoms with van der Waals surface area (Å²) in [5.74, 6) is 0. The number of nitrogens with zero attached hydrogens (tertiary/aromatic N) is 1. The van der Waals surface area contributed by atoms with Gasteiger partial charge in [-0.2, -0.15) is 0 Å². The molecule has 0 aliphatic carbocycles. The summed E-state index contributed by atoms with van der Waals surface area (Å²) in [6, 6.07) is 0. The summed E-state index contributed by atoms with van der Waals surface area (Å²) in [5, 5.41) is 0. The molecule has 1 nitrogen and oxygen atoms in total. The molecule has 0 rings (SSSR count). The second kappa shape index (κ2) is 4.91. The highest BCUT2D eigenvalue weighted by Crippen LogP contribution is 2.11. The van der Waals surface area contributed by atoms with E-state index in [1.54, 1.807) is 6.08 Å². The molecule has 0 bridgehead atoms. The molecule has 12 heavy (non-hydrogen) atoms. The van der Waals surface area contributed by atoms with Crippen LogP contribution in [0.15, 0.2) is 29.8 Å². The molecule has 1 heteroatoms. The maximum absolute atomic E-state index is 4.55. The summed E-state index contributed by atoms with van der Waals surface area (Å²) in [7, 11) is 0. The molecule has 0 aromatic heterocycles. The van der Waals surface area contributed by atoms with Gasteiger partial charge in [-0.3, -0.25) is 4.99 Å². The Morgan fingerprint density at radius 3 is 2.50 bits per heavy atom. The fourth-order valence-electron chi connectivity index (χ4n) is 0.912. The van der Waals surface area contributed by atoms with Gasteiger partial charge in [-0.25, -0.2) is 0 Å². The Labute approximate surface area is 75.9 Å². The van der Waals surface area contributed by atoms with Crippen molar-refractivity contribution in [2.45, 2.75) is 39.7 Å². The Balaban J connectivity index is 4.40. The van der Waals surface area contributed by atoms with E-state index < -0.39 is 0 Å². The first-order valence-electron chi connectivity index (χ1n) is 4.37. The molecule has 0 aromatic rings. The molecule has 0 aliphatic heterocycles. The van der Waals surface area contributed by atoms with Crippen LogP contribution in [-0.4, -0.2) is 11.3 Å². The number of allylic oxidation sites excluding steroid dienone is 2. The largest absolute Gasteiger partial charge is 0.284 e. The molecule has 0 spiro atoms. The van der Waals surface area contributed by atoms with Gasteiger partial charge in [0, 0.05) is 5.71 Å². The third-order valence-electron chi connectivity index (χ3n) is 1.63. The summed E-state index contributed by atoms with van der Waals surface area (Å²) in [4.78, 5) is 4.55. The lowest BCUT2D eigenvalue weighted by molar-refractivity contribution is 0.655. The molecule has 0 amide bonds. The van der Waals surface area contributed by atoms with Crippen molar-refractivity contribution < 1.29 is 0 Å². The summed E-state index contributed by atoms with van der Waals surface area (Å²) >= 11 is 0. The second-order valence-corrected chi connectivity index (χ2v) is 3.45. The fourth-order valence-corrected chi connectivity index (χ4v) is 0.912. The first kappa shape index (κ1) is 11.2. The van der Waals surface area contributed by atoms with Crippen LogP contribution in [0.5, 0.6) is 0 Å². The third kappa shape index (κ3) is 4.89. The topological polar surface area (TPSA) is 12.4 Å². The summed E-state index contributed by atoms with van der Waals surface area (Å²) in [6.07, 6.45) is 6.79. The van der Waals surface area contributed by atoms with Gasteiger partial charge in [-0.05, 0) is 27.2 Å². The van der Waals surface area contributed by atoms with Crippen molar-refractivity contribution in [2.75, 3.05) is 0 Å². The zero-order chi connectivity index (χ0) is 9.61. The average Bonchev–Trinajstić information content (AvgIpc) is 2.00. The molecule has 0 radical (unpaired) electrons. The van der Waals surface area contributed by atoms with Crippen molar-refractivity contribution in [1.82, 2.24) is 0 Å². The van der Waals surface area contributed by atoms with Gasteiger partial charge in [-0.15, -0.1) is 0 Å². The van der Waals surface area contributed by atoms with Crippen LogP contribution < -0.4 is 0 Å². The Morgan fingerprint density at radius 2 is 2.08 bits per heavy atom. The zero-order valence-electron chi connectivity index (χ0n) is 8.59. The predicted molar refractivity (Wildman–Crippen MR) is 56.8 cm³/mol. The van der Waals surface area contributed by atoms with Crippen molar-refractivity contribution in [2.24, 2.45) is 4.99 Å². The lowest BCUT2D eigenvalue weighted by Crippen LogP contribution is -2.14. The van der Waals surface area contributed by atoms with E-state index in [0.29, 0.717) is 0 Å². The van der Waals surface area contributed by atoms with Gasteiger partial charge in [0.1, 0.15) is 0 Å². The standard InChI is InChI=1S/C11H19N/c1-6-8-9-11(4,5)12-10(3)7-2/h6,8-9H,1,7H2,2-5H3/b9-8+,12-10+. The molecule has 0 heterocycles. The van der Waals surface area contributed by atoms with Crippen LogP contribution in [0.2, 0.25) is 0 Å². The fraction of sp³-hybridized carbons (Fsp3) is 0.545. The lowest BCUT2D eigenvalue weighted by atomic mass is 10.1. The maximum Gasteiger partial charge on any atom is 0.0733 e. The zero-order valence-corrected chi connectivity index (χ0v) is 8.59. The first-order chi connectivity index (χ1) is 5.52. The van der Waals surface area contributed by atoms with Crippen molar-refractivity contribution in [1.29, 1.82) is 0 Å². The molecule has 0 saturated carbocycles. The first-order valence-corrected chi connectivity index (χ1v) is 4.37. The highest BCUT2D eigenvalue weighted by atomic mass is 14.8. The molecule has 0 fully saturated rings. The van der Waals surface area contributed by atoms with Crippen LogP contribution in [0.4, 0.5) is 0 Å². The molecule has 0 atom stereocenters. The SMILES string of the molecule is C=C/C=C/C(C)(C)/N=C(\C)CC. The van der Waals surface area contributed by atoms with E-state index in [0.717, 1.165) is 6.42 Å². The normalized spacial score (nSPS) is 13.8. The van der Waals surface area contributed by atoms with Crippen molar-refractivity contribution in [3.05, 3.63) is 24.8 Å². The average molecular weight is 165 g/mol. The minimum absolute atomic E-state index is 0.0890. The quantitative estimate of drug-likeness (QED) is 0.447. The molecular weight excluding hydrogens is 146 g/mol. The maximum atomic E-state index is 4.55. The van der Waals surface area contributed by atoms with E-state index in [-0.39, 0.29) is 5.54 Å². The molecule has 0 aromatic carbocycles. The molecular formula is C11H19N. The van der Waals surface area contributed by atoms with Gasteiger partial charge in [-0.1, -0.05) is 31.7 Å². The van der Waals surface area contributed by atoms with Crippen LogP contribution in [0.3, 0.4) is 0 Å². The highest BCUT2D eigenvalue weighted by molar-refractivity contribution is 5.82. The molecule has 0 saturated heterocycles. The van der Waals surface area contributed by atoms with Crippen LogP contribution in [0.1, 0.15) is 34.1 Å². The van der Waals surface area contributed by atoms with Gasteiger partial charge in [0.15, 0.2) is 0 Å².